The molecule has 5 heteroatoms. The van der Waals surface area contributed by atoms with Crippen LogP contribution in [-0.4, -0.2) is 53.6 Å². The third-order valence-electron chi connectivity index (χ3n) is 4.08. The summed E-state index contributed by atoms with van der Waals surface area (Å²) in [6.45, 7) is 5.76. The molecule has 0 atom stereocenters. The first-order valence-electron chi connectivity index (χ1n) is 7.14. The first-order chi connectivity index (χ1) is 8.90. The van der Waals surface area contributed by atoms with E-state index in [0.717, 1.165) is 25.8 Å². The largest absolute Gasteiger partial charge is 0.481 e. The molecule has 5 nitrogen and oxygen atoms in total. The molecule has 1 aliphatic rings. The molecule has 1 N–H and O–H groups in total. The third kappa shape index (κ3) is 4.11. The Morgan fingerprint density at radius 1 is 1.26 bits per heavy atom. The van der Waals surface area contributed by atoms with Crippen LogP contribution in [0, 0.1) is 5.41 Å². The summed E-state index contributed by atoms with van der Waals surface area (Å²) in [5.74, 6) is -0.754. The van der Waals surface area contributed by atoms with Gasteiger partial charge < -0.3 is 14.9 Å². The first-order valence-corrected chi connectivity index (χ1v) is 7.14. The maximum absolute atomic E-state index is 12.2. The van der Waals surface area contributed by atoms with Crippen molar-refractivity contribution in [1.29, 1.82) is 0 Å². The van der Waals surface area contributed by atoms with E-state index >= 15 is 0 Å². The molecular formula is C14H26N2O3. The van der Waals surface area contributed by atoms with Gasteiger partial charge in [0, 0.05) is 26.7 Å². The number of likely N-dealkylation sites (tertiary alicyclic amines) is 1. The van der Waals surface area contributed by atoms with Crippen LogP contribution in [0.15, 0.2) is 0 Å². The summed E-state index contributed by atoms with van der Waals surface area (Å²) in [5.41, 5.74) is -0.669. The van der Waals surface area contributed by atoms with Crippen LogP contribution >= 0.6 is 0 Å². The number of carboxylic acids is 1. The van der Waals surface area contributed by atoms with Gasteiger partial charge in [0.25, 0.3) is 0 Å². The molecule has 1 fully saturated rings. The lowest BCUT2D eigenvalue weighted by molar-refractivity contribution is -0.150. The summed E-state index contributed by atoms with van der Waals surface area (Å²) in [6, 6.07) is 0.0311. The Kier molecular flexibility index (Phi) is 5.63. The Hall–Kier alpha value is -1.26. The predicted octanol–water partition coefficient (Wildman–Crippen LogP) is 2.42. The molecule has 1 aliphatic heterocycles. The minimum absolute atomic E-state index is 0.0311. The highest BCUT2D eigenvalue weighted by Gasteiger charge is 2.38. The maximum atomic E-state index is 12.2. The van der Waals surface area contributed by atoms with Crippen molar-refractivity contribution in [2.45, 2.75) is 46.0 Å². The van der Waals surface area contributed by atoms with Crippen LogP contribution < -0.4 is 0 Å². The molecule has 0 saturated carbocycles. The smallest absolute Gasteiger partial charge is 0.319 e. The molecule has 1 saturated heterocycles. The Labute approximate surface area is 115 Å². The topological polar surface area (TPSA) is 60.9 Å². The monoisotopic (exact) mass is 270 g/mol. The number of unbranched alkanes of at least 4 members (excludes halogenated alkanes) is 2. The van der Waals surface area contributed by atoms with Gasteiger partial charge in [-0.05, 0) is 26.2 Å². The van der Waals surface area contributed by atoms with Crippen LogP contribution in [-0.2, 0) is 4.79 Å². The van der Waals surface area contributed by atoms with Gasteiger partial charge in [0.2, 0.25) is 0 Å². The second-order valence-corrected chi connectivity index (χ2v) is 5.76. The van der Waals surface area contributed by atoms with Gasteiger partial charge in [0.15, 0.2) is 0 Å². The fourth-order valence-electron chi connectivity index (χ4n) is 2.34. The normalized spacial score (nSPS) is 18.2. The summed E-state index contributed by atoms with van der Waals surface area (Å²) in [4.78, 5) is 26.8. The van der Waals surface area contributed by atoms with E-state index in [1.165, 1.54) is 0 Å². The van der Waals surface area contributed by atoms with Crippen molar-refractivity contribution < 1.29 is 14.7 Å². The molecule has 110 valence electrons. The average Bonchev–Trinajstić information content (AvgIpc) is 2.39. The number of piperidine rings is 1. The van der Waals surface area contributed by atoms with Gasteiger partial charge in [-0.3, -0.25) is 4.79 Å². The van der Waals surface area contributed by atoms with Gasteiger partial charge in [-0.15, -0.1) is 0 Å². The summed E-state index contributed by atoms with van der Waals surface area (Å²) in [7, 11) is 1.82. The number of nitrogens with zero attached hydrogens (tertiary/aromatic N) is 2. The van der Waals surface area contributed by atoms with Gasteiger partial charge in [0.1, 0.15) is 0 Å². The Balaban J connectivity index is 2.42. The summed E-state index contributed by atoms with van der Waals surface area (Å²) >= 11 is 0. The minimum Gasteiger partial charge on any atom is -0.481 e. The van der Waals surface area contributed by atoms with Crippen molar-refractivity contribution in [3.05, 3.63) is 0 Å². The zero-order valence-corrected chi connectivity index (χ0v) is 12.3. The first kappa shape index (κ1) is 15.8. The average molecular weight is 270 g/mol. The lowest BCUT2D eigenvalue weighted by Gasteiger charge is -2.38. The van der Waals surface area contributed by atoms with Gasteiger partial charge in [-0.2, -0.15) is 0 Å². The molecule has 0 radical (unpaired) electrons. The van der Waals surface area contributed by atoms with Gasteiger partial charge in [-0.25, -0.2) is 4.79 Å². The van der Waals surface area contributed by atoms with Crippen molar-refractivity contribution in [2.75, 3.05) is 26.7 Å². The van der Waals surface area contributed by atoms with E-state index in [4.69, 9.17) is 5.11 Å². The quantitative estimate of drug-likeness (QED) is 0.780. The summed E-state index contributed by atoms with van der Waals surface area (Å²) in [6.07, 6.45) is 4.38. The summed E-state index contributed by atoms with van der Waals surface area (Å²) in [5, 5.41) is 9.16. The van der Waals surface area contributed by atoms with E-state index in [9.17, 15) is 9.59 Å². The van der Waals surface area contributed by atoms with E-state index in [1.807, 2.05) is 7.05 Å². The molecule has 0 aromatic heterocycles. The standard InChI is InChI=1S/C14H26N2O3/c1-4-5-6-9-15(3)13(19)16-10-7-14(2,8-11-16)12(17)18/h4-11H2,1-3H3,(H,17,18). The molecular weight excluding hydrogens is 244 g/mol. The van der Waals surface area contributed by atoms with E-state index in [1.54, 1.807) is 16.7 Å². The zero-order valence-electron chi connectivity index (χ0n) is 12.3. The maximum Gasteiger partial charge on any atom is 0.319 e. The highest BCUT2D eigenvalue weighted by Crippen LogP contribution is 2.31. The number of hydrogen-bond donors (Lipinski definition) is 1. The van der Waals surface area contributed by atoms with Gasteiger partial charge in [-0.1, -0.05) is 19.8 Å². The van der Waals surface area contributed by atoms with Crippen LogP contribution in [0.2, 0.25) is 0 Å². The molecule has 0 aromatic carbocycles. The molecule has 1 rings (SSSR count). The highest BCUT2D eigenvalue weighted by molar-refractivity contribution is 5.76. The molecule has 0 aliphatic carbocycles. The lowest BCUT2D eigenvalue weighted by atomic mass is 9.80. The van der Waals surface area contributed by atoms with Crippen LogP contribution in [0.1, 0.15) is 46.0 Å². The fourth-order valence-corrected chi connectivity index (χ4v) is 2.34. The van der Waals surface area contributed by atoms with Crippen molar-refractivity contribution >= 4 is 12.0 Å². The number of urea groups is 1. The Morgan fingerprint density at radius 3 is 2.32 bits per heavy atom. The molecule has 2 amide bonds. The number of carboxylic acid groups (broad SMARTS) is 1. The predicted molar refractivity (Wildman–Crippen MR) is 74.1 cm³/mol. The molecule has 0 spiro atoms. The Morgan fingerprint density at radius 2 is 1.84 bits per heavy atom. The van der Waals surface area contributed by atoms with Crippen LogP contribution in [0.5, 0.6) is 0 Å². The zero-order chi connectivity index (χ0) is 14.5. The van der Waals surface area contributed by atoms with Crippen LogP contribution in [0.4, 0.5) is 4.79 Å². The third-order valence-corrected chi connectivity index (χ3v) is 4.08. The van der Waals surface area contributed by atoms with Crippen LogP contribution in [0.25, 0.3) is 0 Å². The number of amides is 2. The highest BCUT2D eigenvalue weighted by atomic mass is 16.4. The number of hydrogen-bond acceptors (Lipinski definition) is 2. The Bertz CT molecular complexity index is 323. The second-order valence-electron chi connectivity index (χ2n) is 5.76. The molecule has 0 bridgehead atoms. The van der Waals surface area contributed by atoms with Crippen molar-refractivity contribution in [1.82, 2.24) is 9.80 Å². The van der Waals surface area contributed by atoms with Gasteiger partial charge >= 0.3 is 12.0 Å². The number of rotatable bonds is 5. The number of carbonyl (C=O) groups excluding carboxylic acids is 1. The van der Waals surface area contributed by atoms with Gasteiger partial charge in [0.05, 0.1) is 5.41 Å². The van der Waals surface area contributed by atoms with E-state index in [0.29, 0.717) is 25.9 Å². The summed E-state index contributed by atoms with van der Waals surface area (Å²) < 4.78 is 0. The number of carbonyl (C=O) groups is 2. The van der Waals surface area contributed by atoms with Crippen LogP contribution in [0.3, 0.4) is 0 Å². The lowest BCUT2D eigenvalue weighted by Crippen LogP contribution is -2.49. The molecule has 1 heterocycles. The van der Waals surface area contributed by atoms with Crippen molar-refractivity contribution in [3.63, 3.8) is 0 Å². The van der Waals surface area contributed by atoms with Crippen molar-refractivity contribution in [3.8, 4) is 0 Å². The van der Waals surface area contributed by atoms with Crippen molar-refractivity contribution in [2.24, 2.45) is 5.41 Å². The van der Waals surface area contributed by atoms with E-state index in [2.05, 4.69) is 6.92 Å². The number of aliphatic carboxylic acids is 1. The fraction of sp³-hybridized carbons (Fsp3) is 0.857. The second kappa shape index (κ2) is 6.78. The van der Waals surface area contributed by atoms with E-state index in [-0.39, 0.29) is 6.03 Å². The molecule has 0 unspecified atom stereocenters. The minimum atomic E-state index is -0.754. The van der Waals surface area contributed by atoms with E-state index < -0.39 is 11.4 Å². The molecule has 19 heavy (non-hydrogen) atoms. The molecule has 0 aromatic rings. The SMILES string of the molecule is CCCCCN(C)C(=O)N1CCC(C)(C(=O)O)CC1.